The maximum Gasteiger partial charge on any atom is 0.146 e. The van der Waals surface area contributed by atoms with Gasteiger partial charge in [0.2, 0.25) is 0 Å². The molecule has 2 aromatic heterocycles. The van der Waals surface area contributed by atoms with Crippen molar-refractivity contribution in [3.05, 3.63) is 24.3 Å². The quantitative estimate of drug-likeness (QED) is 0.751. The van der Waals surface area contributed by atoms with Crippen LogP contribution in [-0.4, -0.2) is 29.5 Å². The van der Waals surface area contributed by atoms with E-state index >= 15 is 0 Å². The second-order valence-electron chi connectivity index (χ2n) is 3.44. The Bertz CT molecular complexity index is 444. The molecule has 0 spiro atoms. The number of aryl methyl sites for hydroxylation is 2. The number of hydrogen-bond acceptors (Lipinski definition) is 5. The van der Waals surface area contributed by atoms with Crippen LogP contribution < -0.4 is 5.32 Å². The molecule has 0 aromatic carbocycles. The Morgan fingerprint density at radius 2 is 2.12 bits per heavy atom. The fourth-order valence-electron chi connectivity index (χ4n) is 1.45. The van der Waals surface area contributed by atoms with Gasteiger partial charge in [0.1, 0.15) is 24.3 Å². The Labute approximate surface area is 93.5 Å². The van der Waals surface area contributed by atoms with Crippen LogP contribution in [0.25, 0.3) is 0 Å². The zero-order valence-corrected chi connectivity index (χ0v) is 9.46. The first-order chi connectivity index (χ1) is 7.81. The van der Waals surface area contributed by atoms with E-state index in [-0.39, 0.29) is 0 Å². The van der Waals surface area contributed by atoms with Gasteiger partial charge in [-0.1, -0.05) is 0 Å². The molecular weight excluding hydrogens is 206 g/mol. The Kier molecular flexibility index (Phi) is 3.25. The van der Waals surface area contributed by atoms with E-state index in [0.29, 0.717) is 13.1 Å². The Morgan fingerprint density at radius 1 is 1.31 bits per heavy atom. The largest absolute Gasteiger partial charge is 0.317 e. The topological polar surface area (TPSA) is 73.5 Å². The highest BCUT2D eigenvalue weighted by Crippen LogP contribution is 1.95. The van der Waals surface area contributed by atoms with Crippen LogP contribution in [0.5, 0.6) is 0 Å². The fourth-order valence-corrected chi connectivity index (χ4v) is 1.45. The molecule has 2 rings (SSSR count). The molecule has 0 aliphatic carbocycles. The normalized spacial score (nSPS) is 10.9. The second-order valence-corrected chi connectivity index (χ2v) is 3.44. The van der Waals surface area contributed by atoms with Gasteiger partial charge in [-0.3, -0.25) is 4.68 Å². The van der Waals surface area contributed by atoms with Crippen LogP contribution in [0.15, 0.2) is 12.7 Å². The minimum atomic E-state index is 0.674. The van der Waals surface area contributed by atoms with Crippen LogP contribution >= 0.6 is 0 Å². The molecule has 0 atom stereocenters. The summed E-state index contributed by atoms with van der Waals surface area (Å²) < 4.78 is 3.75. The number of hydrogen-bond donors (Lipinski definition) is 1. The van der Waals surface area contributed by atoms with Gasteiger partial charge >= 0.3 is 0 Å². The van der Waals surface area contributed by atoms with Gasteiger partial charge in [-0.15, -0.1) is 10.2 Å². The third-order valence-corrected chi connectivity index (χ3v) is 2.41. The molecule has 0 radical (unpaired) electrons. The lowest BCUT2D eigenvalue weighted by Gasteiger charge is -2.04. The number of rotatable bonds is 5. The van der Waals surface area contributed by atoms with E-state index in [2.05, 4.69) is 32.5 Å². The van der Waals surface area contributed by atoms with E-state index in [1.807, 2.05) is 11.6 Å². The van der Waals surface area contributed by atoms with Crippen molar-refractivity contribution < 1.29 is 0 Å². The van der Waals surface area contributed by atoms with E-state index in [1.165, 1.54) is 0 Å². The van der Waals surface area contributed by atoms with E-state index in [9.17, 15) is 0 Å². The minimum Gasteiger partial charge on any atom is -0.317 e. The Balaban J connectivity index is 1.87. The fraction of sp³-hybridized carbons (Fsp3) is 0.556. The standard InChI is InChI=1S/C9H15N7/c1-3-16-7-12-14-9(16)5-10-4-8-11-6-13-15(8)2/h6-7,10H,3-5H2,1-2H3. The second kappa shape index (κ2) is 4.84. The van der Waals surface area contributed by atoms with Crippen molar-refractivity contribution in [1.82, 2.24) is 34.8 Å². The van der Waals surface area contributed by atoms with Crippen molar-refractivity contribution in [2.24, 2.45) is 7.05 Å². The molecule has 0 aliphatic heterocycles. The maximum atomic E-state index is 4.12. The monoisotopic (exact) mass is 221 g/mol. The lowest BCUT2D eigenvalue weighted by atomic mass is 10.5. The molecule has 0 amide bonds. The Morgan fingerprint density at radius 3 is 2.81 bits per heavy atom. The summed E-state index contributed by atoms with van der Waals surface area (Å²) in [5.74, 6) is 1.84. The molecule has 2 aromatic rings. The highest BCUT2D eigenvalue weighted by atomic mass is 15.3. The number of nitrogens with one attached hydrogen (secondary N) is 1. The lowest BCUT2D eigenvalue weighted by molar-refractivity contribution is 0.577. The molecule has 0 bridgehead atoms. The molecule has 7 nitrogen and oxygen atoms in total. The van der Waals surface area contributed by atoms with E-state index in [0.717, 1.165) is 18.2 Å². The first kappa shape index (κ1) is 10.7. The van der Waals surface area contributed by atoms with E-state index in [4.69, 9.17) is 0 Å². The van der Waals surface area contributed by atoms with Crippen LogP contribution in [0, 0.1) is 0 Å². The zero-order valence-electron chi connectivity index (χ0n) is 9.46. The molecule has 0 unspecified atom stereocenters. The summed E-state index contributed by atoms with van der Waals surface area (Å²) in [7, 11) is 1.87. The molecule has 2 heterocycles. The first-order valence-electron chi connectivity index (χ1n) is 5.21. The highest BCUT2D eigenvalue weighted by molar-refractivity contribution is 4.87. The van der Waals surface area contributed by atoms with Gasteiger partial charge in [0.05, 0.1) is 13.1 Å². The molecule has 7 heteroatoms. The number of aromatic nitrogens is 6. The summed E-state index contributed by atoms with van der Waals surface area (Å²) in [6.45, 7) is 4.30. The van der Waals surface area contributed by atoms with Crippen LogP contribution in [-0.2, 0) is 26.7 Å². The van der Waals surface area contributed by atoms with Gasteiger partial charge in [-0.25, -0.2) is 4.98 Å². The predicted octanol–water partition coefficient (Wildman–Crippen LogP) is -0.284. The van der Waals surface area contributed by atoms with E-state index in [1.54, 1.807) is 17.3 Å². The third kappa shape index (κ3) is 2.25. The Hall–Kier alpha value is -1.76. The smallest absolute Gasteiger partial charge is 0.146 e. The van der Waals surface area contributed by atoms with Crippen LogP contribution in [0.1, 0.15) is 18.6 Å². The summed E-state index contributed by atoms with van der Waals surface area (Å²) >= 11 is 0. The molecule has 0 aliphatic rings. The summed E-state index contributed by atoms with van der Waals surface area (Å²) in [5.41, 5.74) is 0. The van der Waals surface area contributed by atoms with Crippen molar-refractivity contribution >= 4 is 0 Å². The van der Waals surface area contributed by atoms with Gasteiger partial charge < -0.3 is 9.88 Å². The molecule has 0 fully saturated rings. The average Bonchev–Trinajstić information content (AvgIpc) is 2.88. The van der Waals surface area contributed by atoms with Crippen molar-refractivity contribution in [2.45, 2.75) is 26.6 Å². The van der Waals surface area contributed by atoms with Crippen molar-refractivity contribution in [3.8, 4) is 0 Å². The van der Waals surface area contributed by atoms with Gasteiger partial charge in [0, 0.05) is 13.6 Å². The van der Waals surface area contributed by atoms with Crippen LogP contribution in [0.3, 0.4) is 0 Å². The highest BCUT2D eigenvalue weighted by Gasteiger charge is 2.03. The molecule has 0 saturated carbocycles. The lowest BCUT2D eigenvalue weighted by Crippen LogP contribution is -2.18. The van der Waals surface area contributed by atoms with Crippen molar-refractivity contribution in [2.75, 3.05) is 0 Å². The zero-order chi connectivity index (χ0) is 11.4. The molecule has 86 valence electrons. The molecule has 0 saturated heterocycles. The summed E-state index contributed by atoms with van der Waals surface area (Å²) in [5, 5.41) is 15.2. The van der Waals surface area contributed by atoms with Gasteiger partial charge in [-0.2, -0.15) is 5.10 Å². The molecule has 1 N–H and O–H groups in total. The summed E-state index contributed by atoms with van der Waals surface area (Å²) in [4.78, 5) is 4.12. The summed E-state index contributed by atoms with van der Waals surface area (Å²) in [6, 6.07) is 0. The van der Waals surface area contributed by atoms with E-state index < -0.39 is 0 Å². The summed E-state index contributed by atoms with van der Waals surface area (Å²) in [6.07, 6.45) is 3.28. The van der Waals surface area contributed by atoms with Crippen LogP contribution in [0.2, 0.25) is 0 Å². The number of nitrogens with zero attached hydrogens (tertiary/aromatic N) is 6. The van der Waals surface area contributed by atoms with Gasteiger partial charge in [0.25, 0.3) is 0 Å². The predicted molar refractivity (Wildman–Crippen MR) is 57.2 cm³/mol. The van der Waals surface area contributed by atoms with Crippen molar-refractivity contribution in [1.29, 1.82) is 0 Å². The third-order valence-electron chi connectivity index (χ3n) is 2.41. The first-order valence-corrected chi connectivity index (χ1v) is 5.21. The average molecular weight is 221 g/mol. The van der Waals surface area contributed by atoms with Crippen LogP contribution in [0.4, 0.5) is 0 Å². The van der Waals surface area contributed by atoms with Gasteiger partial charge in [-0.05, 0) is 6.92 Å². The molecular formula is C9H15N7. The van der Waals surface area contributed by atoms with Gasteiger partial charge in [0.15, 0.2) is 0 Å². The minimum absolute atomic E-state index is 0.674. The maximum absolute atomic E-state index is 4.12. The van der Waals surface area contributed by atoms with Crippen molar-refractivity contribution in [3.63, 3.8) is 0 Å². The molecule has 16 heavy (non-hydrogen) atoms. The SMILES string of the molecule is CCn1cnnc1CNCc1ncnn1C.